The molecule has 0 unspecified atom stereocenters. The Bertz CT molecular complexity index is 337. The van der Waals surface area contributed by atoms with Gasteiger partial charge in [0.15, 0.2) is 0 Å². The highest BCUT2D eigenvalue weighted by molar-refractivity contribution is 6.29. The maximum absolute atomic E-state index is 12.4. The van der Waals surface area contributed by atoms with E-state index in [2.05, 4.69) is 11.9 Å². The van der Waals surface area contributed by atoms with Crippen LogP contribution in [-0.4, -0.2) is 35.3 Å². The molecule has 0 aromatic heterocycles. The molecule has 0 aromatic rings. The van der Waals surface area contributed by atoms with Gasteiger partial charge in [0.25, 0.3) is 0 Å². The maximum atomic E-state index is 12.4. The summed E-state index contributed by atoms with van der Waals surface area (Å²) in [7, 11) is 0. The Balaban J connectivity index is 3.00. The highest BCUT2D eigenvalue weighted by atomic mass is 35.5. The molecule has 1 N–H and O–H groups in total. The Hall–Kier alpha value is -1.03. The fraction of sp³-hybridized carbons (Fsp3) is 0.667. The Labute approximate surface area is 107 Å². The molecule has 0 saturated carbocycles. The van der Waals surface area contributed by atoms with Gasteiger partial charge in [-0.05, 0) is 12.8 Å². The molecule has 17 heavy (non-hydrogen) atoms. The Kier molecular flexibility index (Phi) is 4.57. The summed E-state index contributed by atoms with van der Waals surface area (Å²) in [4.78, 5) is 25.7. The van der Waals surface area contributed by atoms with Gasteiger partial charge in [-0.15, -0.1) is 0 Å². The first-order chi connectivity index (χ1) is 7.95. The largest absolute Gasteiger partial charge is 0.342 e. The lowest BCUT2D eigenvalue weighted by atomic mass is 9.91. The summed E-state index contributed by atoms with van der Waals surface area (Å²) in [5, 5.41) is 3.25. The smallest absolute Gasteiger partial charge is 0.248 e. The normalized spacial score (nSPS) is 19.8. The van der Waals surface area contributed by atoms with Crippen molar-refractivity contribution in [1.29, 1.82) is 0 Å². The van der Waals surface area contributed by atoms with E-state index in [9.17, 15) is 9.59 Å². The molecule has 1 aliphatic rings. The van der Waals surface area contributed by atoms with E-state index in [0.29, 0.717) is 37.4 Å². The van der Waals surface area contributed by atoms with Gasteiger partial charge in [-0.25, -0.2) is 0 Å². The number of hydrogen-bond donors (Lipinski definition) is 1. The molecule has 96 valence electrons. The number of halogens is 1. The van der Waals surface area contributed by atoms with Crippen molar-refractivity contribution in [2.45, 2.75) is 38.6 Å². The molecule has 1 fully saturated rings. The zero-order chi connectivity index (χ0) is 13.1. The van der Waals surface area contributed by atoms with Crippen LogP contribution in [0.1, 0.15) is 33.1 Å². The summed E-state index contributed by atoms with van der Waals surface area (Å²) < 4.78 is 0. The van der Waals surface area contributed by atoms with E-state index in [0.717, 1.165) is 0 Å². The van der Waals surface area contributed by atoms with E-state index in [1.54, 1.807) is 4.90 Å². The number of nitrogens with zero attached hydrogens (tertiary/aromatic N) is 1. The summed E-state index contributed by atoms with van der Waals surface area (Å²) in [5.74, 6) is -0.139. The molecule has 2 amide bonds. The van der Waals surface area contributed by atoms with Crippen LogP contribution in [0.3, 0.4) is 0 Å². The second-order valence-electron chi connectivity index (χ2n) is 4.33. The molecule has 0 spiro atoms. The van der Waals surface area contributed by atoms with E-state index >= 15 is 0 Å². The van der Waals surface area contributed by atoms with Crippen LogP contribution in [0.4, 0.5) is 0 Å². The predicted octanol–water partition coefficient (Wildman–Crippen LogP) is 1.65. The van der Waals surface area contributed by atoms with E-state index in [1.807, 2.05) is 13.8 Å². The zero-order valence-corrected chi connectivity index (χ0v) is 11.1. The third-order valence-electron chi connectivity index (χ3n) is 3.25. The Morgan fingerprint density at radius 2 is 2.06 bits per heavy atom. The van der Waals surface area contributed by atoms with Crippen LogP contribution in [-0.2, 0) is 9.59 Å². The third kappa shape index (κ3) is 3.00. The molecule has 5 heteroatoms. The molecular weight excluding hydrogens is 240 g/mol. The van der Waals surface area contributed by atoms with Gasteiger partial charge < -0.3 is 10.2 Å². The van der Waals surface area contributed by atoms with E-state index in [-0.39, 0.29) is 11.8 Å². The summed E-state index contributed by atoms with van der Waals surface area (Å²) in [6, 6.07) is 0. The lowest BCUT2D eigenvalue weighted by molar-refractivity contribution is -0.138. The van der Waals surface area contributed by atoms with E-state index in [1.165, 1.54) is 0 Å². The summed E-state index contributed by atoms with van der Waals surface area (Å²) in [6.45, 7) is 8.11. The topological polar surface area (TPSA) is 49.4 Å². The van der Waals surface area contributed by atoms with Crippen LogP contribution in [0.25, 0.3) is 0 Å². The van der Waals surface area contributed by atoms with Crippen LogP contribution in [0, 0.1) is 0 Å². The van der Waals surface area contributed by atoms with Gasteiger partial charge in [0.05, 0.1) is 6.54 Å². The minimum Gasteiger partial charge on any atom is -0.342 e. The molecule has 0 atom stereocenters. The van der Waals surface area contributed by atoms with Crippen molar-refractivity contribution in [2.75, 3.05) is 13.1 Å². The van der Waals surface area contributed by atoms with Crippen LogP contribution in [0.2, 0.25) is 0 Å². The van der Waals surface area contributed by atoms with Crippen LogP contribution in [0.5, 0.6) is 0 Å². The standard InChI is InChI=1S/C12H19ClN2O2/c1-4-12(5-2)11(17)15(8-9(3)13)7-6-10(16)14-12/h3-8H2,1-2H3,(H,14,16). The number of carbonyl (C=O) groups is 2. The average Bonchev–Trinajstić information content (AvgIpc) is 2.40. The lowest BCUT2D eigenvalue weighted by Gasteiger charge is -2.33. The van der Waals surface area contributed by atoms with Gasteiger partial charge in [-0.2, -0.15) is 0 Å². The first-order valence-electron chi connectivity index (χ1n) is 5.89. The van der Waals surface area contributed by atoms with Crippen molar-refractivity contribution < 1.29 is 9.59 Å². The second-order valence-corrected chi connectivity index (χ2v) is 4.87. The third-order valence-corrected chi connectivity index (χ3v) is 3.37. The average molecular weight is 259 g/mol. The minimum atomic E-state index is -0.778. The lowest BCUT2D eigenvalue weighted by Crippen LogP contribution is -2.56. The number of nitrogens with one attached hydrogen (secondary N) is 1. The first-order valence-corrected chi connectivity index (χ1v) is 6.26. The summed E-state index contributed by atoms with van der Waals surface area (Å²) in [6.07, 6.45) is 1.48. The number of rotatable bonds is 4. The molecule has 0 aliphatic carbocycles. The number of hydrogen-bond acceptors (Lipinski definition) is 2. The summed E-state index contributed by atoms with van der Waals surface area (Å²) >= 11 is 5.75. The number of amides is 2. The van der Waals surface area contributed by atoms with Crippen LogP contribution < -0.4 is 5.32 Å². The fourth-order valence-electron chi connectivity index (χ4n) is 2.11. The van der Waals surface area contributed by atoms with Crippen molar-refractivity contribution in [3.05, 3.63) is 11.6 Å². The molecule has 0 radical (unpaired) electrons. The Morgan fingerprint density at radius 1 is 1.47 bits per heavy atom. The monoisotopic (exact) mass is 258 g/mol. The minimum absolute atomic E-state index is 0.0600. The molecule has 0 bridgehead atoms. The highest BCUT2D eigenvalue weighted by Gasteiger charge is 2.41. The molecule has 0 aromatic carbocycles. The van der Waals surface area contributed by atoms with Gasteiger partial charge >= 0.3 is 0 Å². The van der Waals surface area contributed by atoms with Crippen molar-refractivity contribution in [3.63, 3.8) is 0 Å². The molecular formula is C12H19ClN2O2. The van der Waals surface area contributed by atoms with E-state index < -0.39 is 5.54 Å². The van der Waals surface area contributed by atoms with E-state index in [4.69, 9.17) is 11.6 Å². The predicted molar refractivity (Wildman–Crippen MR) is 67.6 cm³/mol. The van der Waals surface area contributed by atoms with Gasteiger partial charge in [-0.3, -0.25) is 9.59 Å². The van der Waals surface area contributed by atoms with Gasteiger partial charge in [0.2, 0.25) is 11.8 Å². The van der Waals surface area contributed by atoms with Gasteiger partial charge in [0.1, 0.15) is 5.54 Å². The SMILES string of the molecule is C=C(Cl)CN1CCC(=O)NC(CC)(CC)C1=O. The van der Waals surface area contributed by atoms with Crippen molar-refractivity contribution in [3.8, 4) is 0 Å². The fourth-order valence-corrected chi connectivity index (χ4v) is 2.26. The number of carbonyl (C=O) groups excluding carboxylic acids is 2. The van der Waals surface area contributed by atoms with Crippen molar-refractivity contribution in [1.82, 2.24) is 10.2 Å². The zero-order valence-electron chi connectivity index (χ0n) is 10.4. The maximum Gasteiger partial charge on any atom is 0.248 e. The van der Waals surface area contributed by atoms with Crippen molar-refractivity contribution in [2.24, 2.45) is 0 Å². The molecule has 1 saturated heterocycles. The summed E-state index contributed by atoms with van der Waals surface area (Å²) in [5.41, 5.74) is -0.778. The van der Waals surface area contributed by atoms with Crippen LogP contribution >= 0.6 is 11.6 Å². The van der Waals surface area contributed by atoms with Gasteiger partial charge in [-0.1, -0.05) is 32.0 Å². The molecule has 4 nitrogen and oxygen atoms in total. The highest BCUT2D eigenvalue weighted by Crippen LogP contribution is 2.22. The van der Waals surface area contributed by atoms with Crippen molar-refractivity contribution >= 4 is 23.4 Å². The first kappa shape index (κ1) is 14.0. The van der Waals surface area contributed by atoms with Crippen LogP contribution in [0.15, 0.2) is 11.6 Å². The molecule has 1 aliphatic heterocycles. The molecule has 1 rings (SSSR count). The molecule has 1 heterocycles. The quantitative estimate of drug-likeness (QED) is 0.834. The Morgan fingerprint density at radius 3 is 2.53 bits per heavy atom. The second kappa shape index (κ2) is 5.54. The van der Waals surface area contributed by atoms with Gasteiger partial charge in [0, 0.05) is 18.0 Å².